The van der Waals surface area contributed by atoms with Crippen LogP contribution in [0.15, 0.2) is 48.8 Å². The van der Waals surface area contributed by atoms with E-state index in [-0.39, 0.29) is 6.61 Å². The first-order valence-electron chi connectivity index (χ1n) is 9.25. The highest BCUT2D eigenvalue weighted by atomic mass is 35.5. The van der Waals surface area contributed by atoms with Crippen molar-refractivity contribution < 1.29 is 5.11 Å². The summed E-state index contributed by atoms with van der Waals surface area (Å²) in [5.74, 6) is 1.82. The Balaban J connectivity index is 1.78. The normalized spacial score (nSPS) is 15.0. The zero-order chi connectivity index (χ0) is 19.5. The third-order valence-corrected chi connectivity index (χ3v) is 5.58. The van der Waals surface area contributed by atoms with Gasteiger partial charge >= 0.3 is 0 Å². The van der Waals surface area contributed by atoms with Gasteiger partial charge in [0.2, 0.25) is 0 Å². The molecule has 0 radical (unpaired) electrons. The fraction of sp³-hybridized carbons (Fsp3) is 0.286. The number of halogens is 2. The number of benzene rings is 1. The first-order chi connectivity index (χ1) is 13.6. The molecule has 2 aromatic heterocycles. The second-order valence-electron chi connectivity index (χ2n) is 6.91. The third kappa shape index (κ3) is 4.12. The average Bonchev–Trinajstić information content (AvgIpc) is 2.74. The fourth-order valence-corrected chi connectivity index (χ4v) is 3.91. The van der Waals surface area contributed by atoms with Gasteiger partial charge in [0.05, 0.1) is 10.7 Å². The van der Waals surface area contributed by atoms with E-state index in [1.165, 1.54) is 0 Å². The van der Waals surface area contributed by atoms with Crippen LogP contribution in [-0.2, 0) is 0 Å². The van der Waals surface area contributed by atoms with E-state index in [4.69, 9.17) is 33.2 Å². The molecule has 1 fully saturated rings. The van der Waals surface area contributed by atoms with Crippen LogP contribution in [-0.4, -0.2) is 39.8 Å². The van der Waals surface area contributed by atoms with Crippen molar-refractivity contribution in [2.45, 2.75) is 12.8 Å². The number of aromatic nitrogens is 3. The Labute approximate surface area is 174 Å². The van der Waals surface area contributed by atoms with E-state index in [1.54, 1.807) is 24.5 Å². The molecule has 3 aromatic rings. The molecule has 3 heterocycles. The maximum atomic E-state index is 9.41. The van der Waals surface area contributed by atoms with Crippen LogP contribution in [0.4, 0.5) is 5.82 Å². The predicted octanol–water partition coefficient (Wildman–Crippen LogP) is 4.72. The molecule has 144 valence electrons. The molecule has 1 N–H and O–H groups in total. The second kappa shape index (κ2) is 8.43. The maximum Gasteiger partial charge on any atom is 0.163 e. The lowest BCUT2D eigenvalue weighted by Crippen LogP contribution is -2.35. The molecular weight excluding hydrogens is 395 g/mol. The summed E-state index contributed by atoms with van der Waals surface area (Å²) in [5.41, 5.74) is 2.40. The summed E-state index contributed by atoms with van der Waals surface area (Å²) in [6.07, 6.45) is 5.37. The number of rotatable bonds is 4. The molecule has 1 saturated heterocycles. The molecule has 1 aromatic carbocycles. The number of aliphatic hydroxyl groups is 1. The first kappa shape index (κ1) is 19.1. The van der Waals surface area contributed by atoms with Crippen molar-refractivity contribution in [1.29, 1.82) is 0 Å². The Bertz CT molecular complexity index is 960. The molecule has 4 rings (SSSR count). The maximum absolute atomic E-state index is 9.41. The van der Waals surface area contributed by atoms with Crippen molar-refractivity contribution in [1.82, 2.24) is 15.0 Å². The van der Waals surface area contributed by atoms with Gasteiger partial charge in [0, 0.05) is 54.3 Å². The van der Waals surface area contributed by atoms with Crippen LogP contribution >= 0.6 is 23.2 Å². The standard InChI is InChI=1S/C21H20Cl2N4O/c22-16-3-4-17(18(23)10-16)19-11-20(27-8-5-14(13-28)6-9-27)26-21(25-19)15-2-1-7-24-12-15/h1-4,7,10-12,14,28H,5-6,8-9,13H2. The lowest BCUT2D eigenvalue weighted by Gasteiger charge is -2.32. The van der Waals surface area contributed by atoms with Crippen molar-refractivity contribution in [3.63, 3.8) is 0 Å². The van der Waals surface area contributed by atoms with E-state index < -0.39 is 0 Å². The van der Waals surface area contributed by atoms with Gasteiger partial charge in [0.1, 0.15) is 5.82 Å². The Morgan fingerprint density at radius 2 is 1.89 bits per heavy atom. The highest BCUT2D eigenvalue weighted by molar-refractivity contribution is 6.36. The van der Waals surface area contributed by atoms with Crippen LogP contribution in [0.25, 0.3) is 22.6 Å². The number of nitrogens with zero attached hydrogens (tertiary/aromatic N) is 4. The third-order valence-electron chi connectivity index (χ3n) is 5.04. The molecule has 0 atom stereocenters. The minimum absolute atomic E-state index is 0.240. The topological polar surface area (TPSA) is 62.1 Å². The molecule has 28 heavy (non-hydrogen) atoms. The molecule has 0 spiro atoms. The van der Waals surface area contributed by atoms with Crippen molar-refractivity contribution in [2.75, 3.05) is 24.6 Å². The number of pyridine rings is 1. The monoisotopic (exact) mass is 414 g/mol. The molecular formula is C21H20Cl2N4O. The molecule has 0 aliphatic carbocycles. The Kier molecular flexibility index (Phi) is 5.76. The van der Waals surface area contributed by atoms with Gasteiger partial charge in [-0.1, -0.05) is 23.2 Å². The van der Waals surface area contributed by atoms with Crippen LogP contribution in [0.2, 0.25) is 10.0 Å². The summed E-state index contributed by atoms with van der Waals surface area (Å²) >= 11 is 12.5. The Hall–Kier alpha value is -2.21. The molecule has 0 bridgehead atoms. The molecule has 0 unspecified atom stereocenters. The van der Waals surface area contributed by atoms with Crippen molar-refractivity contribution >= 4 is 29.0 Å². The van der Waals surface area contributed by atoms with Crippen LogP contribution in [0, 0.1) is 5.92 Å². The summed E-state index contributed by atoms with van der Waals surface area (Å²) in [6, 6.07) is 11.2. The summed E-state index contributed by atoms with van der Waals surface area (Å²) in [5, 5.41) is 10.5. The Morgan fingerprint density at radius 1 is 1.07 bits per heavy atom. The number of aliphatic hydroxyl groups excluding tert-OH is 1. The first-order valence-corrected chi connectivity index (χ1v) is 10.0. The van der Waals surface area contributed by atoms with Crippen LogP contribution in [0.1, 0.15) is 12.8 Å². The number of hydrogen-bond donors (Lipinski definition) is 1. The van der Waals surface area contributed by atoms with Gasteiger partial charge in [-0.05, 0) is 49.1 Å². The van der Waals surface area contributed by atoms with E-state index in [1.807, 2.05) is 24.3 Å². The van der Waals surface area contributed by atoms with Gasteiger partial charge in [-0.25, -0.2) is 9.97 Å². The fourth-order valence-electron chi connectivity index (χ4n) is 3.40. The minimum atomic E-state index is 0.240. The van der Waals surface area contributed by atoms with Crippen LogP contribution in [0.3, 0.4) is 0 Å². The number of piperidine rings is 1. The van der Waals surface area contributed by atoms with Crippen LogP contribution < -0.4 is 4.90 Å². The van der Waals surface area contributed by atoms with E-state index >= 15 is 0 Å². The lowest BCUT2D eigenvalue weighted by molar-refractivity contribution is 0.203. The molecule has 0 amide bonds. The van der Waals surface area contributed by atoms with E-state index in [2.05, 4.69) is 9.88 Å². The summed E-state index contributed by atoms with van der Waals surface area (Å²) in [6.45, 7) is 1.94. The van der Waals surface area contributed by atoms with Gasteiger partial charge in [-0.3, -0.25) is 4.98 Å². The van der Waals surface area contributed by atoms with Crippen LogP contribution in [0.5, 0.6) is 0 Å². The SMILES string of the molecule is OCC1CCN(c2cc(-c3ccc(Cl)cc3Cl)nc(-c3cccnc3)n2)CC1. The average molecular weight is 415 g/mol. The summed E-state index contributed by atoms with van der Waals surface area (Å²) in [7, 11) is 0. The number of hydrogen-bond acceptors (Lipinski definition) is 5. The van der Waals surface area contributed by atoms with E-state index in [0.717, 1.165) is 48.6 Å². The second-order valence-corrected chi connectivity index (χ2v) is 7.76. The zero-order valence-electron chi connectivity index (χ0n) is 15.2. The predicted molar refractivity (Wildman–Crippen MR) is 113 cm³/mol. The molecule has 7 heteroatoms. The van der Waals surface area contributed by atoms with Crippen molar-refractivity contribution in [3.05, 3.63) is 58.8 Å². The smallest absolute Gasteiger partial charge is 0.163 e. The van der Waals surface area contributed by atoms with Gasteiger partial charge in [-0.15, -0.1) is 0 Å². The minimum Gasteiger partial charge on any atom is -0.396 e. The van der Waals surface area contributed by atoms with E-state index in [0.29, 0.717) is 21.8 Å². The molecule has 0 saturated carbocycles. The van der Waals surface area contributed by atoms with E-state index in [9.17, 15) is 5.11 Å². The summed E-state index contributed by atoms with van der Waals surface area (Å²) < 4.78 is 0. The highest BCUT2D eigenvalue weighted by Gasteiger charge is 2.21. The largest absolute Gasteiger partial charge is 0.396 e. The van der Waals surface area contributed by atoms with Crippen molar-refractivity contribution in [3.8, 4) is 22.6 Å². The molecule has 1 aliphatic heterocycles. The van der Waals surface area contributed by atoms with Crippen molar-refractivity contribution in [2.24, 2.45) is 5.92 Å². The molecule has 1 aliphatic rings. The van der Waals surface area contributed by atoms with Gasteiger partial charge in [-0.2, -0.15) is 0 Å². The quantitative estimate of drug-likeness (QED) is 0.668. The number of anilines is 1. The van der Waals surface area contributed by atoms with Gasteiger partial charge in [0.15, 0.2) is 5.82 Å². The highest BCUT2D eigenvalue weighted by Crippen LogP contribution is 2.33. The lowest BCUT2D eigenvalue weighted by atomic mass is 9.98. The summed E-state index contributed by atoms with van der Waals surface area (Å²) in [4.78, 5) is 16.0. The van der Waals surface area contributed by atoms with Gasteiger partial charge in [0.25, 0.3) is 0 Å². The molecule has 5 nitrogen and oxygen atoms in total. The van der Waals surface area contributed by atoms with Gasteiger partial charge < -0.3 is 10.0 Å². The zero-order valence-corrected chi connectivity index (χ0v) is 16.7. The Morgan fingerprint density at radius 3 is 2.57 bits per heavy atom.